The van der Waals surface area contributed by atoms with Crippen molar-refractivity contribution < 1.29 is 14.3 Å². The molecule has 3 amide bonds. The van der Waals surface area contributed by atoms with Crippen LogP contribution < -0.4 is 20.3 Å². The van der Waals surface area contributed by atoms with E-state index in [1.165, 1.54) is 0 Å². The molecule has 7 nitrogen and oxygen atoms in total. The van der Waals surface area contributed by atoms with Gasteiger partial charge in [-0.1, -0.05) is 13.8 Å². The maximum absolute atomic E-state index is 12.0. The Morgan fingerprint density at radius 1 is 1.12 bits per heavy atom. The summed E-state index contributed by atoms with van der Waals surface area (Å²) in [6.07, 6.45) is 0.898. The lowest BCUT2D eigenvalue weighted by molar-refractivity contribution is -0.121. The van der Waals surface area contributed by atoms with Crippen LogP contribution in [0.5, 0.6) is 5.75 Å². The van der Waals surface area contributed by atoms with Gasteiger partial charge >= 0.3 is 6.03 Å². The zero-order valence-electron chi connectivity index (χ0n) is 16.0. The van der Waals surface area contributed by atoms with Gasteiger partial charge in [0.1, 0.15) is 5.75 Å². The molecule has 0 radical (unpaired) electrons. The Balaban J connectivity index is 1.69. The molecule has 0 spiro atoms. The Morgan fingerprint density at radius 3 is 2.35 bits per heavy atom. The van der Waals surface area contributed by atoms with Crippen LogP contribution in [0.4, 0.5) is 10.5 Å². The second-order valence-electron chi connectivity index (χ2n) is 6.95. The van der Waals surface area contributed by atoms with Crippen molar-refractivity contribution in [2.75, 3.05) is 51.3 Å². The molecule has 0 atom stereocenters. The number of hydrogen-bond donors (Lipinski definition) is 2. The van der Waals surface area contributed by atoms with E-state index in [1.54, 1.807) is 7.11 Å². The van der Waals surface area contributed by atoms with E-state index in [9.17, 15) is 9.59 Å². The summed E-state index contributed by atoms with van der Waals surface area (Å²) in [4.78, 5) is 28.0. The predicted octanol–water partition coefficient (Wildman–Crippen LogP) is 1.69. The monoisotopic (exact) mass is 362 g/mol. The summed E-state index contributed by atoms with van der Waals surface area (Å²) >= 11 is 0. The number of methoxy groups -OCH3 is 1. The molecule has 0 bridgehead atoms. The van der Waals surface area contributed by atoms with Gasteiger partial charge in [0.2, 0.25) is 5.91 Å². The Morgan fingerprint density at radius 2 is 1.77 bits per heavy atom. The molecular weight excluding hydrogens is 332 g/mol. The number of amides is 3. The zero-order chi connectivity index (χ0) is 18.9. The highest BCUT2D eigenvalue weighted by molar-refractivity contribution is 5.95. The van der Waals surface area contributed by atoms with E-state index >= 15 is 0 Å². The van der Waals surface area contributed by atoms with Gasteiger partial charge in [-0.2, -0.15) is 0 Å². The number of rotatable bonds is 7. The SMILES string of the molecule is COc1ccc(N2CCN(CC(=O)NC(=O)NCCC(C)C)CC2)cc1. The number of benzene rings is 1. The Labute approximate surface area is 155 Å². The molecule has 1 aliphatic heterocycles. The van der Waals surface area contributed by atoms with Crippen molar-refractivity contribution in [1.82, 2.24) is 15.5 Å². The normalized spacial score (nSPS) is 15.0. The van der Waals surface area contributed by atoms with Gasteiger partial charge in [-0.15, -0.1) is 0 Å². The first-order valence-corrected chi connectivity index (χ1v) is 9.17. The number of ether oxygens (including phenoxy) is 1. The second-order valence-corrected chi connectivity index (χ2v) is 6.95. The highest BCUT2D eigenvalue weighted by Gasteiger charge is 2.20. The molecule has 1 fully saturated rings. The molecule has 1 aliphatic rings. The number of piperazine rings is 1. The number of anilines is 1. The van der Waals surface area contributed by atoms with Gasteiger partial charge in [0.15, 0.2) is 0 Å². The first kappa shape index (κ1) is 20.0. The second kappa shape index (κ2) is 10.0. The fraction of sp³-hybridized carbons (Fsp3) is 0.579. The third kappa shape index (κ3) is 6.55. The third-order valence-electron chi connectivity index (χ3n) is 4.44. The van der Waals surface area contributed by atoms with Crippen molar-refractivity contribution in [3.05, 3.63) is 24.3 Å². The average molecular weight is 362 g/mol. The van der Waals surface area contributed by atoms with E-state index < -0.39 is 6.03 Å². The maximum atomic E-state index is 12.0. The standard InChI is InChI=1S/C19H30N4O3/c1-15(2)8-9-20-19(25)21-18(24)14-22-10-12-23(13-11-22)16-4-6-17(26-3)7-5-16/h4-7,15H,8-14H2,1-3H3,(H2,20,21,24,25). The minimum atomic E-state index is -0.410. The van der Waals surface area contributed by atoms with Gasteiger partial charge in [-0.3, -0.25) is 15.0 Å². The van der Waals surface area contributed by atoms with Gasteiger partial charge in [-0.25, -0.2) is 4.79 Å². The average Bonchev–Trinajstić information content (AvgIpc) is 2.62. The van der Waals surface area contributed by atoms with E-state index in [0.29, 0.717) is 12.5 Å². The van der Waals surface area contributed by atoms with Crippen LogP contribution in [0.25, 0.3) is 0 Å². The molecule has 1 aromatic rings. The summed E-state index contributed by atoms with van der Waals surface area (Å²) in [5.41, 5.74) is 1.15. The predicted molar refractivity (Wildman–Crippen MR) is 103 cm³/mol. The van der Waals surface area contributed by atoms with Gasteiger partial charge in [0.05, 0.1) is 13.7 Å². The van der Waals surface area contributed by atoms with Crippen molar-refractivity contribution in [1.29, 1.82) is 0 Å². The van der Waals surface area contributed by atoms with Gasteiger partial charge in [0.25, 0.3) is 0 Å². The molecular formula is C19H30N4O3. The molecule has 1 aromatic carbocycles. The minimum Gasteiger partial charge on any atom is -0.497 e. The van der Waals surface area contributed by atoms with Crippen LogP contribution in [0.15, 0.2) is 24.3 Å². The number of imide groups is 1. The Kier molecular flexibility index (Phi) is 7.72. The summed E-state index contributed by atoms with van der Waals surface area (Å²) in [5, 5.41) is 5.11. The van der Waals surface area contributed by atoms with Crippen molar-refractivity contribution in [3.63, 3.8) is 0 Å². The molecule has 2 rings (SSSR count). The molecule has 1 saturated heterocycles. The number of nitrogens with zero attached hydrogens (tertiary/aromatic N) is 2. The first-order chi connectivity index (χ1) is 12.5. The van der Waals surface area contributed by atoms with Crippen molar-refractivity contribution >= 4 is 17.6 Å². The van der Waals surface area contributed by atoms with Crippen LogP contribution >= 0.6 is 0 Å². The number of nitrogens with one attached hydrogen (secondary N) is 2. The van der Waals surface area contributed by atoms with E-state index in [-0.39, 0.29) is 12.5 Å². The lowest BCUT2D eigenvalue weighted by Crippen LogP contribution is -2.51. The van der Waals surface area contributed by atoms with Gasteiger partial charge in [0, 0.05) is 38.4 Å². The number of urea groups is 1. The summed E-state index contributed by atoms with van der Waals surface area (Å²) in [7, 11) is 1.66. The number of carbonyl (C=O) groups is 2. The maximum Gasteiger partial charge on any atom is 0.321 e. The molecule has 144 valence electrons. The fourth-order valence-corrected chi connectivity index (χ4v) is 2.85. The number of carbonyl (C=O) groups excluding carboxylic acids is 2. The van der Waals surface area contributed by atoms with Crippen LogP contribution in [0.3, 0.4) is 0 Å². The van der Waals surface area contributed by atoms with Crippen molar-refractivity contribution in [3.8, 4) is 5.75 Å². The van der Waals surface area contributed by atoms with Crippen LogP contribution in [0.1, 0.15) is 20.3 Å². The summed E-state index contributed by atoms with van der Waals surface area (Å²) in [5.74, 6) is 1.11. The zero-order valence-corrected chi connectivity index (χ0v) is 16.0. The third-order valence-corrected chi connectivity index (χ3v) is 4.44. The van der Waals surface area contributed by atoms with Crippen LogP contribution in [-0.2, 0) is 4.79 Å². The topological polar surface area (TPSA) is 73.9 Å². The van der Waals surface area contributed by atoms with Gasteiger partial charge in [-0.05, 0) is 36.6 Å². The van der Waals surface area contributed by atoms with Crippen LogP contribution in [-0.4, -0.2) is 63.2 Å². The molecule has 26 heavy (non-hydrogen) atoms. The molecule has 0 saturated carbocycles. The minimum absolute atomic E-state index is 0.244. The smallest absolute Gasteiger partial charge is 0.321 e. The highest BCUT2D eigenvalue weighted by Crippen LogP contribution is 2.20. The van der Waals surface area contributed by atoms with Crippen molar-refractivity contribution in [2.45, 2.75) is 20.3 Å². The molecule has 0 aromatic heterocycles. The van der Waals surface area contributed by atoms with Crippen LogP contribution in [0.2, 0.25) is 0 Å². The molecule has 2 N–H and O–H groups in total. The highest BCUT2D eigenvalue weighted by atomic mass is 16.5. The molecule has 7 heteroatoms. The van der Waals surface area contributed by atoms with E-state index in [0.717, 1.165) is 44.0 Å². The summed E-state index contributed by atoms with van der Waals surface area (Å²) in [6, 6.07) is 7.58. The quantitative estimate of drug-likeness (QED) is 0.772. The van der Waals surface area contributed by atoms with E-state index in [1.807, 2.05) is 24.3 Å². The molecule has 0 unspecified atom stereocenters. The van der Waals surface area contributed by atoms with E-state index in [2.05, 4.69) is 34.3 Å². The number of hydrogen-bond acceptors (Lipinski definition) is 5. The van der Waals surface area contributed by atoms with E-state index in [4.69, 9.17) is 4.74 Å². The lowest BCUT2D eigenvalue weighted by Gasteiger charge is -2.35. The lowest BCUT2D eigenvalue weighted by atomic mass is 10.1. The van der Waals surface area contributed by atoms with Crippen molar-refractivity contribution in [2.24, 2.45) is 5.92 Å². The first-order valence-electron chi connectivity index (χ1n) is 9.17. The molecule has 0 aliphatic carbocycles. The fourth-order valence-electron chi connectivity index (χ4n) is 2.85. The largest absolute Gasteiger partial charge is 0.497 e. The van der Waals surface area contributed by atoms with Gasteiger partial charge < -0.3 is 15.0 Å². The Hall–Kier alpha value is -2.28. The Bertz CT molecular complexity index is 581. The van der Waals surface area contributed by atoms with Crippen LogP contribution in [0, 0.1) is 5.92 Å². The summed E-state index contributed by atoms with van der Waals surface area (Å²) in [6.45, 7) is 8.28. The molecule has 1 heterocycles. The summed E-state index contributed by atoms with van der Waals surface area (Å²) < 4.78 is 5.18.